The third-order valence-electron chi connectivity index (χ3n) is 3.92. The van der Waals surface area contributed by atoms with Crippen molar-refractivity contribution in [1.29, 1.82) is 0 Å². The minimum atomic E-state index is 0.0968. The Morgan fingerprint density at radius 2 is 2.05 bits per heavy atom. The van der Waals surface area contributed by atoms with Gasteiger partial charge in [0.2, 0.25) is 0 Å². The summed E-state index contributed by atoms with van der Waals surface area (Å²) in [6.45, 7) is 8.14. The summed E-state index contributed by atoms with van der Waals surface area (Å²) in [6, 6.07) is 4.01. The SMILES string of the molecule is Cc1cc(C(=O)N2CCN(Cc3ccsc3)CC2)c(C)o1. The monoisotopic (exact) mass is 304 g/mol. The van der Waals surface area contributed by atoms with Gasteiger partial charge in [-0.2, -0.15) is 11.3 Å². The number of amides is 1. The van der Waals surface area contributed by atoms with Crippen LogP contribution in [0.3, 0.4) is 0 Å². The molecule has 0 aromatic carbocycles. The van der Waals surface area contributed by atoms with Crippen LogP contribution in [-0.2, 0) is 6.54 Å². The molecule has 2 aromatic rings. The molecule has 0 unspecified atom stereocenters. The first-order chi connectivity index (χ1) is 10.1. The van der Waals surface area contributed by atoms with E-state index in [0.717, 1.165) is 44.2 Å². The van der Waals surface area contributed by atoms with Gasteiger partial charge in [0.15, 0.2) is 0 Å². The Morgan fingerprint density at radius 3 is 2.62 bits per heavy atom. The highest BCUT2D eigenvalue weighted by Gasteiger charge is 2.24. The molecule has 112 valence electrons. The molecule has 4 nitrogen and oxygen atoms in total. The minimum absolute atomic E-state index is 0.0968. The van der Waals surface area contributed by atoms with Crippen LogP contribution in [0.2, 0.25) is 0 Å². The lowest BCUT2D eigenvalue weighted by atomic mass is 10.2. The van der Waals surface area contributed by atoms with E-state index in [2.05, 4.69) is 21.7 Å². The Balaban J connectivity index is 1.58. The van der Waals surface area contributed by atoms with Gasteiger partial charge in [-0.3, -0.25) is 9.69 Å². The van der Waals surface area contributed by atoms with Gasteiger partial charge in [0.05, 0.1) is 5.56 Å². The van der Waals surface area contributed by atoms with Gasteiger partial charge in [-0.15, -0.1) is 0 Å². The van der Waals surface area contributed by atoms with Gasteiger partial charge in [0, 0.05) is 32.7 Å². The van der Waals surface area contributed by atoms with E-state index < -0.39 is 0 Å². The first-order valence-electron chi connectivity index (χ1n) is 7.23. The average Bonchev–Trinajstić information content (AvgIpc) is 3.08. The number of nitrogens with zero attached hydrogens (tertiary/aromatic N) is 2. The molecule has 0 aliphatic carbocycles. The van der Waals surface area contributed by atoms with E-state index in [1.54, 1.807) is 11.3 Å². The first-order valence-corrected chi connectivity index (χ1v) is 8.17. The van der Waals surface area contributed by atoms with Gasteiger partial charge in [-0.05, 0) is 42.3 Å². The molecule has 1 fully saturated rings. The maximum absolute atomic E-state index is 12.5. The Bertz CT molecular complexity index is 610. The molecule has 3 heterocycles. The first kappa shape index (κ1) is 14.4. The lowest BCUT2D eigenvalue weighted by molar-refractivity contribution is 0.0627. The van der Waals surface area contributed by atoms with Gasteiger partial charge in [-0.1, -0.05) is 0 Å². The highest BCUT2D eigenvalue weighted by molar-refractivity contribution is 7.07. The van der Waals surface area contributed by atoms with Crippen molar-refractivity contribution in [1.82, 2.24) is 9.80 Å². The molecular weight excluding hydrogens is 284 g/mol. The van der Waals surface area contributed by atoms with E-state index >= 15 is 0 Å². The summed E-state index contributed by atoms with van der Waals surface area (Å²) in [5, 5.41) is 4.30. The van der Waals surface area contributed by atoms with E-state index in [1.807, 2.05) is 24.8 Å². The summed E-state index contributed by atoms with van der Waals surface area (Å²) in [5.74, 6) is 1.62. The van der Waals surface area contributed by atoms with Gasteiger partial charge in [0.1, 0.15) is 11.5 Å². The number of piperazine rings is 1. The number of rotatable bonds is 3. The molecular formula is C16H20N2O2S. The lowest BCUT2D eigenvalue weighted by Gasteiger charge is -2.34. The van der Waals surface area contributed by atoms with Crippen LogP contribution < -0.4 is 0 Å². The summed E-state index contributed by atoms with van der Waals surface area (Å²) < 4.78 is 5.46. The maximum atomic E-state index is 12.5. The quantitative estimate of drug-likeness (QED) is 0.875. The molecule has 1 aliphatic heterocycles. The van der Waals surface area contributed by atoms with E-state index in [-0.39, 0.29) is 5.91 Å². The molecule has 0 bridgehead atoms. The van der Waals surface area contributed by atoms with Crippen molar-refractivity contribution in [3.8, 4) is 0 Å². The largest absolute Gasteiger partial charge is 0.466 e. The Hall–Kier alpha value is -1.59. The predicted octanol–water partition coefficient (Wildman–Crippen LogP) is 2.92. The zero-order valence-electron chi connectivity index (χ0n) is 12.5. The molecule has 21 heavy (non-hydrogen) atoms. The molecule has 3 rings (SSSR count). The highest BCUT2D eigenvalue weighted by Crippen LogP contribution is 2.18. The number of carbonyl (C=O) groups excluding carboxylic acids is 1. The second-order valence-electron chi connectivity index (χ2n) is 5.53. The molecule has 0 N–H and O–H groups in total. The Labute approximate surface area is 129 Å². The highest BCUT2D eigenvalue weighted by atomic mass is 32.1. The molecule has 1 saturated heterocycles. The third kappa shape index (κ3) is 3.19. The topological polar surface area (TPSA) is 36.7 Å². The number of furan rings is 1. The van der Waals surface area contributed by atoms with Crippen molar-refractivity contribution in [2.45, 2.75) is 20.4 Å². The lowest BCUT2D eigenvalue weighted by Crippen LogP contribution is -2.48. The van der Waals surface area contributed by atoms with Crippen LogP contribution in [-0.4, -0.2) is 41.9 Å². The second-order valence-corrected chi connectivity index (χ2v) is 6.31. The summed E-state index contributed by atoms with van der Waals surface area (Å²) in [4.78, 5) is 16.8. The van der Waals surface area contributed by atoms with Crippen LogP contribution >= 0.6 is 11.3 Å². The summed E-state index contributed by atoms with van der Waals surface area (Å²) in [6.07, 6.45) is 0. The molecule has 5 heteroatoms. The van der Waals surface area contributed by atoms with Crippen LogP contribution in [0.4, 0.5) is 0 Å². The number of hydrogen-bond acceptors (Lipinski definition) is 4. The molecule has 2 aromatic heterocycles. The zero-order chi connectivity index (χ0) is 14.8. The van der Waals surface area contributed by atoms with Crippen molar-refractivity contribution in [3.63, 3.8) is 0 Å². The van der Waals surface area contributed by atoms with Gasteiger partial charge >= 0.3 is 0 Å². The van der Waals surface area contributed by atoms with Crippen molar-refractivity contribution >= 4 is 17.2 Å². The Morgan fingerprint density at radius 1 is 1.29 bits per heavy atom. The van der Waals surface area contributed by atoms with Gasteiger partial charge in [0.25, 0.3) is 5.91 Å². The molecule has 0 radical (unpaired) electrons. The molecule has 1 aliphatic rings. The van der Waals surface area contributed by atoms with E-state index in [4.69, 9.17) is 4.42 Å². The van der Waals surface area contributed by atoms with E-state index in [0.29, 0.717) is 5.56 Å². The molecule has 0 saturated carbocycles. The van der Waals surface area contributed by atoms with Crippen molar-refractivity contribution in [2.75, 3.05) is 26.2 Å². The molecule has 0 spiro atoms. The fourth-order valence-corrected chi connectivity index (χ4v) is 3.42. The summed E-state index contributed by atoms with van der Waals surface area (Å²) in [7, 11) is 0. The number of hydrogen-bond donors (Lipinski definition) is 0. The van der Waals surface area contributed by atoms with Crippen LogP contribution in [0, 0.1) is 13.8 Å². The second kappa shape index (κ2) is 6.03. The fraction of sp³-hybridized carbons (Fsp3) is 0.438. The van der Waals surface area contributed by atoms with Gasteiger partial charge in [-0.25, -0.2) is 0 Å². The smallest absolute Gasteiger partial charge is 0.257 e. The van der Waals surface area contributed by atoms with Crippen LogP contribution in [0.15, 0.2) is 27.3 Å². The number of carbonyl (C=O) groups is 1. The van der Waals surface area contributed by atoms with Crippen molar-refractivity contribution in [2.24, 2.45) is 0 Å². The van der Waals surface area contributed by atoms with Gasteiger partial charge < -0.3 is 9.32 Å². The normalized spacial score (nSPS) is 16.4. The van der Waals surface area contributed by atoms with Crippen LogP contribution in [0.25, 0.3) is 0 Å². The summed E-state index contributed by atoms with van der Waals surface area (Å²) in [5.41, 5.74) is 2.07. The summed E-state index contributed by atoms with van der Waals surface area (Å²) >= 11 is 1.73. The number of aryl methyl sites for hydroxylation is 2. The minimum Gasteiger partial charge on any atom is -0.466 e. The van der Waals surface area contributed by atoms with Crippen LogP contribution in [0.5, 0.6) is 0 Å². The van der Waals surface area contributed by atoms with E-state index in [1.165, 1.54) is 5.56 Å². The fourth-order valence-electron chi connectivity index (χ4n) is 2.76. The third-order valence-corrected chi connectivity index (χ3v) is 4.65. The standard InChI is InChI=1S/C16H20N2O2S/c1-12-9-15(13(2)20-12)16(19)18-6-4-17(5-7-18)10-14-3-8-21-11-14/h3,8-9,11H,4-7,10H2,1-2H3. The van der Waals surface area contributed by atoms with Crippen molar-refractivity contribution in [3.05, 3.63) is 45.5 Å². The Kier molecular flexibility index (Phi) is 4.12. The number of thiophene rings is 1. The molecule has 0 atom stereocenters. The maximum Gasteiger partial charge on any atom is 0.257 e. The molecule has 1 amide bonds. The predicted molar refractivity (Wildman–Crippen MR) is 83.7 cm³/mol. The van der Waals surface area contributed by atoms with Crippen LogP contribution in [0.1, 0.15) is 27.4 Å². The van der Waals surface area contributed by atoms with Crippen molar-refractivity contribution < 1.29 is 9.21 Å². The van der Waals surface area contributed by atoms with E-state index in [9.17, 15) is 4.79 Å². The average molecular weight is 304 g/mol. The zero-order valence-corrected chi connectivity index (χ0v) is 13.3.